The van der Waals surface area contributed by atoms with Crippen LogP contribution in [0.3, 0.4) is 0 Å². The zero-order valence-corrected chi connectivity index (χ0v) is 12.4. The quantitative estimate of drug-likeness (QED) is 0.551. The number of hydrogen-bond donors (Lipinski definition) is 3. The van der Waals surface area contributed by atoms with Crippen LogP contribution in [0.25, 0.3) is 0 Å². The summed E-state index contributed by atoms with van der Waals surface area (Å²) in [7, 11) is -9.53. The van der Waals surface area contributed by atoms with Crippen LogP contribution < -0.4 is 0 Å². The van der Waals surface area contributed by atoms with Crippen LogP contribution in [0.15, 0.2) is 18.7 Å². The van der Waals surface area contributed by atoms with Crippen molar-refractivity contribution >= 4 is 20.2 Å². The molecule has 0 saturated heterocycles. The summed E-state index contributed by atoms with van der Waals surface area (Å²) in [5.41, 5.74) is -5.53. The number of hydrogen-bond acceptors (Lipinski definition) is 5. The molecule has 1 aromatic rings. The Morgan fingerprint density at radius 1 is 1.19 bits per heavy atom. The molecule has 0 spiro atoms. The van der Waals surface area contributed by atoms with E-state index >= 15 is 0 Å². The summed E-state index contributed by atoms with van der Waals surface area (Å²) >= 11 is 0. The van der Waals surface area contributed by atoms with Crippen LogP contribution in [0.1, 0.15) is 19.8 Å². The minimum atomic E-state index is -5.84. The fraction of sp³-hybridized carbons (Fsp3) is 0.625. The molecule has 0 bridgehead atoms. The third-order valence-electron chi connectivity index (χ3n) is 1.45. The molecule has 0 aromatic carbocycles. The molecule has 0 amide bonds. The molecule has 0 atom stereocenters. The maximum absolute atomic E-state index is 10.7. The summed E-state index contributed by atoms with van der Waals surface area (Å²) in [6.07, 6.45) is 6.42. The normalized spacial score (nSPS) is 11.7. The van der Waals surface area contributed by atoms with Gasteiger partial charge in [-0.2, -0.15) is 30.0 Å². The summed E-state index contributed by atoms with van der Waals surface area (Å²) in [5.74, 6) is -0.108. The van der Waals surface area contributed by atoms with Gasteiger partial charge in [0.05, 0.1) is 12.1 Å². The largest absolute Gasteiger partial charge is 0.522 e. The van der Waals surface area contributed by atoms with Gasteiger partial charge in [-0.25, -0.2) is 4.98 Å². The van der Waals surface area contributed by atoms with Gasteiger partial charge in [0, 0.05) is 12.4 Å². The number of aromatic nitrogens is 2. The monoisotopic (exact) mass is 356 g/mol. The van der Waals surface area contributed by atoms with E-state index in [9.17, 15) is 21.6 Å². The zero-order valence-electron chi connectivity index (χ0n) is 10.8. The van der Waals surface area contributed by atoms with E-state index in [1.54, 1.807) is 18.7 Å². The second-order valence-electron chi connectivity index (χ2n) is 3.32. The minimum Gasteiger partial charge on any atom is -0.351 e. The van der Waals surface area contributed by atoms with Gasteiger partial charge in [0.25, 0.3) is 10.1 Å². The first-order chi connectivity index (χ1) is 9.31. The van der Waals surface area contributed by atoms with Crippen molar-refractivity contribution in [3.05, 3.63) is 18.7 Å². The van der Waals surface area contributed by atoms with E-state index in [-0.39, 0.29) is 5.75 Å². The molecule has 1 aromatic heterocycles. The lowest BCUT2D eigenvalue weighted by molar-refractivity contribution is -0.0510. The Labute approximate surface area is 119 Å². The third-order valence-corrected chi connectivity index (χ3v) is 2.84. The Morgan fingerprint density at radius 2 is 1.67 bits per heavy atom. The summed E-state index contributed by atoms with van der Waals surface area (Å²) in [4.78, 5) is 6.42. The summed E-state index contributed by atoms with van der Waals surface area (Å²) < 4.78 is 85.6. The Kier molecular flexibility index (Phi) is 10.2. The summed E-state index contributed by atoms with van der Waals surface area (Å²) in [5, 5.41) is 0. The number of aromatic amines is 1. The molecule has 3 N–H and O–H groups in total. The molecular weight excluding hydrogens is 341 g/mol. The first kappa shape index (κ1) is 22.1. The molecule has 13 heteroatoms. The number of imidazole rings is 1. The average molecular weight is 356 g/mol. The van der Waals surface area contributed by atoms with Crippen molar-refractivity contribution in [1.82, 2.24) is 9.97 Å². The molecule has 21 heavy (non-hydrogen) atoms. The summed E-state index contributed by atoms with van der Waals surface area (Å²) in [6, 6.07) is 0. The molecule has 0 radical (unpaired) electrons. The van der Waals surface area contributed by atoms with Gasteiger partial charge in [0.2, 0.25) is 0 Å². The molecule has 0 unspecified atom stereocenters. The van der Waals surface area contributed by atoms with E-state index < -0.39 is 25.7 Å². The van der Waals surface area contributed by atoms with Crippen LogP contribution in [0, 0.1) is 0 Å². The van der Waals surface area contributed by atoms with Gasteiger partial charge in [-0.15, -0.1) is 0 Å². The van der Waals surface area contributed by atoms with Crippen molar-refractivity contribution in [2.24, 2.45) is 0 Å². The number of unbranched alkanes of at least 4 members (excludes halogenated alkanes) is 1. The highest BCUT2D eigenvalue weighted by Gasteiger charge is 2.44. The molecule has 0 aliphatic carbocycles. The fourth-order valence-corrected chi connectivity index (χ4v) is 1.20. The highest BCUT2D eigenvalue weighted by Crippen LogP contribution is 2.20. The smallest absolute Gasteiger partial charge is 0.351 e. The SMILES string of the molecule is CCCCS(=O)(=O)O.O=S(=O)(O)C(F)(F)F.c1c[nH]cn1. The Morgan fingerprint density at radius 3 is 1.76 bits per heavy atom. The number of nitrogens with zero attached hydrogens (tertiary/aromatic N) is 1. The highest BCUT2D eigenvalue weighted by atomic mass is 32.2. The third kappa shape index (κ3) is 16.8. The number of H-pyrrole nitrogens is 1. The van der Waals surface area contributed by atoms with Crippen molar-refractivity contribution in [3.63, 3.8) is 0 Å². The number of halogens is 3. The van der Waals surface area contributed by atoms with Crippen molar-refractivity contribution in [3.8, 4) is 0 Å². The molecule has 8 nitrogen and oxygen atoms in total. The Bertz CT molecular complexity index is 536. The molecule has 0 saturated carbocycles. The lowest BCUT2D eigenvalue weighted by Gasteiger charge is -1.97. The van der Waals surface area contributed by atoms with Crippen molar-refractivity contribution in [1.29, 1.82) is 0 Å². The van der Waals surface area contributed by atoms with Crippen LogP contribution in [0.4, 0.5) is 13.2 Å². The van der Waals surface area contributed by atoms with Gasteiger partial charge in [0.1, 0.15) is 0 Å². The number of rotatable bonds is 3. The van der Waals surface area contributed by atoms with Gasteiger partial charge < -0.3 is 4.98 Å². The van der Waals surface area contributed by atoms with E-state index in [0.717, 1.165) is 6.42 Å². The molecule has 0 fully saturated rings. The predicted octanol–water partition coefficient (Wildman–Crippen LogP) is 1.48. The van der Waals surface area contributed by atoms with Crippen molar-refractivity contribution in [2.75, 3.05) is 5.75 Å². The second kappa shape index (κ2) is 9.70. The topological polar surface area (TPSA) is 137 Å². The van der Waals surface area contributed by atoms with Crippen LogP contribution in [-0.4, -0.2) is 47.2 Å². The molecule has 1 heterocycles. The summed E-state index contributed by atoms with van der Waals surface area (Å²) in [6.45, 7) is 1.87. The van der Waals surface area contributed by atoms with Gasteiger partial charge >= 0.3 is 15.6 Å². The van der Waals surface area contributed by atoms with Crippen LogP contribution in [-0.2, 0) is 20.2 Å². The fourth-order valence-electron chi connectivity index (χ4n) is 0.542. The second-order valence-corrected chi connectivity index (χ2v) is 6.31. The maximum atomic E-state index is 10.7. The molecular formula is C8H15F3N2O6S2. The van der Waals surface area contributed by atoms with E-state index in [0.29, 0.717) is 6.42 Å². The van der Waals surface area contributed by atoms with Gasteiger partial charge in [0.15, 0.2) is 0 Å². The molecule has 0 aliphatic heterocycles. The molecule has 0 aliphatic rings. The molecule has 1 rings (SSSR count). The van der Waals surface area contributed by atoms with Gasteiger partial charge in [-0.05, 0) is 6.42 Å². The highest BCUT2D eigenvalue weighted by molar-refractivity contribution is 7.86. The van der Waals surface area contributed by atoms with Crippen molar-refractivity contribution < 1.29 is 39.1 Å². The minimum absolute atomic E-state index is 0.108. The van der Waals surface area contributed by atoms with E-state index in [2.05, 4.69) is 9.97 Å². The van der Waals surface area contributed by atoms with E-state index in [1.165, 1.54) is 0 Å². The average Bonchev–Trinajstić information content (AvgIpc) is 2.81. The van der Waals surface area contributed by atoms with E-state index in [4.69, 9.17) is 17.5 Å². The lowest BCUT2D eigenvalue weighted by Crippen LogP contribution is -2.21. The first-order valence-corrected chi connectivity index (χ1v) is 8.27. The van der Waals surface area contributed by atoms with Crippen LogP contribution in [0.5, 0.6) is 0 Å². The lowest BCUT2D eigenvalue weighted by atomic mass is 10.4. The Balaban J connectivity index is 0. The maximum Gasteiger partial charge on any atom is 0.522 e. The number of alkyl halides is 3. The zero-order chi connectivity index (χ0) is 17.2. The van der Waals surface area contributed by atoms with Crippen LogP contribution >= 0.6 is 0 Å². The van der Waals surface area contributed by atoms with E-state index in [1.807, 2.05) is 6.92 Å². The Hall–Kier alpha value is -1.18. The first-order valence-electron chi connectivity index (χ1n) is 5.23. The van der Waals surface area contributed by atoms with Gasteiger partial charge in [-0.1, -0.05) is 13.3 Å². The van der Waals surface area contributed by atoms with Gasteiger partial charge in [-0.3, -0.25) is 9.11 Å². The predicted molar refractivity (Wildman–Crippen MR) is 67.5 cm³/mol. The standard InChI is InChI=1S/C4H10O3S.C3H4N2.CHF3O3S/c1-2-3-4-8(5,6)7;1-2-5-3-4-1;2-1(3,4)8(5,6)7/h2-4H2,1H3,(H,5,6,7);1-3H,(H,4,5);(H,5,6,7). The van der Waals surface area contributed by atoms with Crippen LogP contribution in [0.2, 0.25) is 0 Å². The van der Waals surface area contributed by atoms with Crippen molar-refractivity contribution in [2.45, 2.75) is 25.3 Å². The number of nitrogens with one attached hydrogen (secondary N) is 1. The molecule has 126 valence electrons.